The summed E-state index contributed by atoms with van der Waals surface area (Å²) in [6.45, 7) is 3.53. The molecule has 1 rings (SSSR count). The zero-order valence-electron chi connectivity index (χ0n) is 12.2. The number of benzene rings is 1. The first kappa shape index (κ1) is 17.6. The average molecular weight is 314 g/mol. The standard InChI is InChI=1S/C14H22N2O4S/c1-10(2)13(9-21(18,19)20)16-14(17)12(15)8-11-6-4-3-5-7-11/h3-7,10,12-13H,8-9,15H2,1-2H3,(H,16,17)(H,18,19,20)/t12-,13+/m0/s1. The summed E-state index contributed by atoms with van der Waals surface area (Å²) in [6.07, 6.45) is 0.364. The molecule has 1 amide bonds. The fraction of sp³-hybridized carbons (Fsp3) is 0.500. The molecular weight excluding hydrogens is 292 g/mol. The van der Waals surface area contributed by atoms with Gasteiger partial charge in [0, 0.05) is 6.04 Å². The molecule has 0 spiro atoms. The molecule has 0 aromatic heterocycles. The van der Waals surface area contributed by atoms with Crippen molar-refractivity contribution in [2.45, 2.75) is 32.4 Å². The Labute approximate surface area is 125 Å². The summed E-state index contributed by atoms with van der Waals surface area (Å²) in [5, 5.41) is 2.59. The van der Waals surface area contributed by atoms with Gasteiger partial charge in [-0.3, -0.25) is 9.35 Å². The van der Waals surface area contributed by atoms with Gasteiger partial charge >= 0.3 is 0 Å². The van der Waals surface area contributed by atoms with E-state index in [0.717, 1.165) is 5.56 Å². The van der Waals surface area contributed by atoms with Crippen LogP contribution in [-0.2, 0) is 21.3 Å². The van der Waals surface area contributed by atoms with Crippen LogP contribution in [0.5, 0.6) is 0 Å². The van der Waals surface area contributed by atoms with Crippen LogP contribution in [0.1, 0.15) is 19.4 Å². The van der Waals surface area contributed by atoms with Crippen LogP contribution in [-0.4, -0.2) is 36.7 Å². The number of amides is 1. The average Bonchev–Trinajstić information content (AvgIpc) is 2.37. The van der Waals surface area contributed by atoms with E-state index in [0.29, 0.717) is 6.42 Å². The molecule has 0 aliphatic heterocycles. The first-order valence-electron chi connectivity index (χ1n) is 6.74. The van der Waals surface area contributed by atoms with Crippen LogP contribution in [0.3, 0.4) is 0 Å². The molecule has 0 aliphatic rings. The SMILES string of the molecule is CC(C)[C@@H](CS(=O)(=O)O)NC(=O)[C@@H](N)Cc1ccccc1. The third-order valence-electron chi connectivity index (χ3n) is 3.16. The Balaban J connectivity index is 2.64. The summed E-state index contributed by atoms with van der Waals surface area (Å²) in [6, 6.07) is 7.88. The lowest BCUT2D eigenvalue weighted by molar-refractivity contribution is -0.123. The lowest BCUT2D eigenvalue weighted by atomic mass is 10.0. The summed E-state index contributed by atoms with van der Waals surface area (Å²) >= 11 is 0. The lowest BCUT2D eigenvalue weighted by Gasteiger charge is -2.23. The van der Waals surface area contributed by atoms with Gasteiger partial charge in [0.15, 0.2) is 0 Å². The maximum Gasteiger partial charge on any atom is 0.266 e. The molecule has 1 aromatic rings. The van der Waals surface area contributed by atoms with Crippen LogP contribution in [0.15, 0.2) is 30.3 Å². The lowest BCUT2D eigenvalue weighted by Crippen LogP contribution is -2.50. The van der Waals surface area contributed by atoms with Gasteiger partial charge in [-0.1, -0.05) is 44.2 Å². The van der Waals surface area contributed by atoms with Crippen LogP contribution in [0.4, 0.5) is 0 Å². The highest BCUT2D eigenvalue weighted by molar-refractivity contribution is 7.85. The van der Waals surface area contributed by atoms with Gasteiger partial charge in [0.05, 0.1) is 11.8 Å². The first-order valence-corrected chi connectivity index (χ1v) is 8.35. The largest absolute Gasteiger partial charge is 0.351 e. The minimum absolute atomic E-state index is 0.139. The van der Waals surface area contributed by atoms with Gasteiger partial charge in [0.25, 0.3) is 10.1 Å². The predicted molar refractivity (Wildman–Crippen MR) is 81.3 cm³/mol. The number of nitrogens with one attached hydrogen (secondary N) is 1. The second-order valence-corrected chi connectivity index (χ2v) is 6.90. The molecule has 2 atom stereocenters. The zero-order valence-corrected chi connectivity index (χ0v) is 13.0. The van der Waals surface area contributed by atoms with Crippen molar-refractivity contribution in [1.82, 2.24) is 5.32 Å². The maximum absolute atomic E-state index is 12.0. The van der Waals surface area contributed by atoms with Crippen molar-refractivity contribution in [2.24, 2.45) is 11.7 Å². The van der Waals surface area contributed by atoms with E-state index in [-0.39, 0.29) is 5.92 Å². The molecule has 0 radical (unpaired) electrons. The Bertz CT molecular complexity index is 558. The van der Waals surface area contributed by atoms with Crippen LogP contribution in [0.25, 0.3) is 0 Å². The second kappa shape index (κ2) is 7.53. The fourth-order valence-corrected chi connectivity index (χ4v) is 2.80. The Kier molecular flexibility index (Phi) is 6.32. The molecular formula is C14H22N2O4S. The van der Waals surface area contributed by atoms with Crippen molar-refractivity contribution >= 4 is 16.0 Å². The van der Waals surface area contributed by atoms with Gasteiger partial charge in [-0.15, -0.1) is 0 Å². The zero-order chi connectivity index (χ0) is 16.0. The monoisotopic (exact) mass is 314 g/mol. The molecule has 21 heavy (non-hydrogen) atoms. The molecule has 0 aliphatic carbocycles. The van der Waals surface area contributed by atoms with Crippen LogP contribution >= 0.6 is 0 Å². The highest BCUT2D eigenvalue weighted by Crippen LogP contribution is 2.06. The second-order valence-electron chi connectivity index (χ2n) is 5.40. The third-order valence-corrected chi connectivity index (χ3v) is 3.94. The van der Waals surface area contributed by atoms with Gasteiger partial charge in [-0.2, -0.15) is 8.42 Å². The molecule has 0 unspecified atom stereocenters. The van der Waals surface area contributed by atoms with Crippen molar-refractivity contribution in [3.05, 3.63) is 35.9 Å². The summed E-state index contributed by atoms with van der Waals surface area (Å²) in [7, 11) is -4.15. The Morgan fingerprint density at radius 3 is 2.33 bits per heavy atom. The van der Waals surface area contributed by atoms with E-state index in [1.54, 1.807) is 13.8 Å². The third kappa shape index (κ3) is 6.70. The molecule has 7 heteroatoms. The van der Waals surface area contributed by atoms with E-state index < -0.39 is 33.9 Å². The van der Waals surface area contributed by atoms with Crippen LogP contribution in [0.2, 0.25) is 0 Å². The maximum atomic E-state index is 12.0. The van der Waals surface area contributed by atoms with Crippen molar-refractivity contribution in [2.75, 3.05) is 5.75 Å². The van der Waals surface area contributed by atoms with E-state index in [2.05, 4.69) is 5.32 Å². The first-order chi connectivity index (χ1) is 9.69. The molecule has 0 heterocycles. The van der Waals surface area contributed by atoms with E-state index in [4.69, 9.17) is 10.3 Å². The quantitative estimate of drug-likeness (QED) is 0.638. The summed E-state index contributed by atoms with van der Waals surface area (Å²) < 4.78 is 30.8. The van der Waals surface area contributed by atoms with E-state index in [1.807, 2.05) is 30.3 Å². The molecule has 118 valence electrons. The van der Waals surface area contributed by atoms with Crippen molar-refractivity contribution in [3.63, 3.8) is 0 Å². The number of hydrogen-bond donors (Lipinski definition) is 3. The van der Waals surface area contributed by atoms with Crippen molar-refractivity contribution in [3.8, 4) is 0 Å². The van der Waals surface area contributed by atoms with Crippen LogP contribution in [0, 0.1) is 5.92 Å². The highest BCUT2D eigenvalue weighted by Gasteiger charge is 2.24. The topological polar surface area (TPSA) is 109 Å². The molecule has 6 nitrogen and oxygen atoms in total. The predicted octanol–water partition coefficient (Wildman–Crippen LogP) is 0.585. The minimum atomic E-state index is -4.15. The molecule has 0 bridgehead atoms. The number of carbonyl (C=O) groups is 1. The molecule has 0 fully saturated rings. The normalized spacial score (nSPS) is 14.7. The minimum Gasteiger partial charge on any atom is -0.351 e. The van der Waals surface area contributed by atoms with Crippen molar-refractivity contribution in [1.29, 1.82) is 0 Å². The number of nitrogens with two attached hydrogens (primary N) is 1. The van der Waals surface area contributed by atoms with Gasteiger partial charge in [-0.25, -0.2) is 0 Å². The Hall–Kier alpha value is -1.44. The Morgan fingerprint density at radius 1 is 1.29 bits per heavy atom. The van der Waals surface area contributed by atoms with Gasteiger partial charge in [-0.05, 0) is 17.9 Å². The number of carbonyl (C=O) groups excluding carboxylic acids is 1. The molecule has 1 aromatic carbocycles. The molecule has 0 saturated carbocycles. The van der Waals surface area contributed by atoms with Gasteiger partial charge in [0.1, 0.15) is 0 Å². The Morgan fingerprint density at radius 2 is 1.86 bits per heavy atom. The van der Waals surface area contributed by atoms with E-state index >= 15 is 0 Å². The van der Waals surface area contributed by atoms with E-state index in [9.17, 15) is 13.2 Å². The molecule has 0 saturated heterocycles. The highest BCUT2D eigenvalue weighted by atomic mass is 32.2. The number of rotatable bonds is 7. The smallest absolute Gasteiger partial charge is 0.266 e. The molecule has 4 N–H and O–H groups in total. The number of hydrogen-bond acceptors (Lipinski definition) is 4. The van der Waals surface area contributed by atoms with Gasteiger partial charge < -0.3 is 11.1 Å². The van der Waals surface area contributed by atoms with Crippen molar-refractivity contribution < 1.29 is 17.8 Å². The van der Waals surface area contributed by atoms with Gasteiger partial charge in [0.2, 0.25) is 5.91 Å². The fourth-order valence-electron chi connectivity index (χ4n) is 1.88. The van der Waals surface area contributed by atoms with E-state index in [1.165, 1.54) is 0 Å². The summed E-state index contributed by atoms with van der Waals surface area (Å²) in [4.78, 5) is 12.0. The summed E-state index contributed by atoms with van der Waals surface area (Å²) in [5.74, 6) is -1.09. The van der Waals surface area contributed by atoms with Crippen LogP contribution < -0.4 is 11.1 Å². The summed E-state index contributed by atoms with van der Waals surface area (Å²) in [5.41, 5.74) is 6.76.